The van der Waals surface area contributed by atoms with Gasteiger partial charge in [-0.1, -0.05) is 79.3 Å². The van der Waals surface area contributed by atoms with Crippen molar-refractivity contribution in [3.05, 3.63) is 118 Å². The van der Waals surface area contributed by atoms with E-state index in [0.717, 1.165) is 52.1 Å². The molecular weight excluding hydrogens is 393 g/mol. The van der Waals surface area contributed by atoms with Gasteiger partial charge in [0.05, 0.1) is 0 Å². The third-order valence-corrected chi connectivity index (χ3v) is 5.62. The predicted octanol–water partition coefficient (Wildman–Crippen LogP) is 8.44. The van der Waals surface area contributed by atoms with Gasteiger partial charge in [-0.25, -0.2) is 4.39 Å². The zero-order valence-electron chi connectivity index (χ0n) is 20.3. The summed E-state index contributed by atoms with van der Waals surface area (Å²) in [7, 11) is 0. The first kappa shape index (κ1) is 25.3. The van der Waals surface area contributed by atoms with E-state index in [9.17, 15) is 4.39 Å². The van der Waals surface area contributed by atoms with Crippen molar-refractivity contribution in [1.82, 2.24) is 4.98 Å². The summed E-state index contributed by atoms with van der Waals surface area (Å²) in [6.07, 6.45) is 11.1. The first-order chi connectivity index (χ1) is 15.2. The molecular formula is C30H36FN. The molecule has 0 bridgehead atoms. The lowest BCUT2D eigenvalue weighted by atomic mass is 9.96. The minimum atomic E-state index is -0.140. The highest BCUT2D eigenvalue weighted by Crippen LogP contribution is 2.24. The Morgan fingerprint density at radius 2 is 1.84 bits per heavy atom. The molecule has 0 N–H and O–H groups in total. The van der Waals surface area contributed by atoms with E-state index >= 15 is 0 Å². The van der Waals surface area contributed by atoms with Crippen molar-refractivity contribution in [3.63, 3.8) is 0 Å². The lowest BCUT2D eigenvalue weighted by Gasteiger charge is -2.11. The third-order valence-electron chi connectivity index (χ3n) is 5.62. The molecule has 0 saturated heterocycles. The molecule has 1 aromatic carbocycles. The van der Waals surface area contributed by atoms with Gasteiger partial charge in [0.15, 0.2) is 0 Å². The number of rotatable bonds is 10. The molecule has 0 aliphatic heterocycles. The van der Waals surface area contributed by atoms with Crippen molar-refractivity contribution >= 4 is 5.57 Å². The average Bonchev–Trinajstić information content (AvgIpc) is 2.75. The molecule has 1 aromatic heterocycles. The van der Waals surface area contributed by atoms with E-state index in [0.29, 0.717) is 12.8 Å². The predicted molar refractivity (Wildman–Crippen MR) is 137 cm³/mol. The second-order valence-corrected chi connectivity index (χ2v) is 8.50. The Kier molecular flexibility index (Phi) is 9.59. The highest BCUT2D eigenvalue weighted by atomic mass is 19.1. The Morgan fingerprint density at radius 3 is 2.47 bits per heavy atom. The van der Waals surface area contributed by atoms with Gasteiger partial charge in [-0.15, -0.1) is 0 Å². The Hall–Kier alpha value is -3.00. The van der Waals surface area contributed by atoms with Gasteiger partial charge in [-0.2, -0.15) is 0 Å². The van der Waals surface area contributed by atoms with Gasteiger partial charge in [0.25, 0.3) is 0 Å². The molecule has 0 aliphatic rings. The Labute approximate surface area is 193 Å². The standard InChI is InChI=1S/C30H36FN/c1-8-21(3)10-11-22(4)12-15-28-16-14-26(20-30(28)31)18-23(5)19-27(9-2)29-17-13-24(6)32-25(29)7/h8,10-11,13-14,16-17,19-20H,1,5,9,12,15,18H2,2-4,6-7H3/b21-10-,22-11+,27-19+. The lowest BCUT2D eigenvalue weighted by Crippen LogP contribution is -1.97. The van der Waals surface area contributed by atoms with Gasteiger partial charge >= 0.3 is 0 Å². The van der Waals surface area contributed by atoms with E-state index in [-0.39, 0.29) is 5.82 Å². The summed E-state index contributed by atoms with van der Waals surface area (Å²) in [6, 6.07) is 9.74. The van der Waals surface area contributed by atoms with Gasteiger partial charge in [-0.05, 0) is 87.8 Å². The van der Waals surface area contributed by atoms with Crippen LogP contribution in [0.25, 0.3) is 5.57 Å². The van der Waals surface area contributed by atoms with Crippen molar-refractivity contribution < 1.29 is 4.39 Å². The molecule has 0 aliphatic carbocycles. The van der Waals surface area contributed by atoms with Crippen LogP contribution in [0.1, 0.15) is 61.7 Å². The molecule has 0 fully saturated rings. The summed E-state index contributed by atoms with van der Waals surface area (Å²) in [4.78, 5) is 4.58. The largest absolute Gasteiger partial charge is 0.258 e. The Bertz CT molecular complexity index is 1070. The van der Waals surface area contributed by atoms with E-state index in [4.69, 9.17) is 0 Å². The SMILES string of the molecule is C=C/C(C)=C\C=C(/C)CCc1ccc(CC(=C)/C=C(\CC)c2ccc(C)nc2C)cc1F. The van der Waals surface area contributed by atoms with Crippen molar-refractivity contribution in [1.29, 1.82) is 0 Å². The molecule has 2 rings (SSSR count). The fourth-order valence-electron chi connectivity index (χ4n) is 3.62. The maximum absolute atomic E-state index is 14.7. The third kappa shape index (κ3) is 7.60. The molecule has 0 saturated carbocycles. The van der Waals surface area contributed by atoms with Gasteiger partial charge < -0.3 is 0 Å². The van der Waals surface area contributed by atoms with Crippen LogP contribution in [0.4, 0.5) is 4.39 Å². The number of benzene rings is 1. The van der Waals surface area contributed by atoms with Crippen LogP contribution in [0.2, 0.25) is 0 Å². The minimum absolute atomic E-state index is 0.140. The highest BCUT2D eigenvalue weighted by Gasteiger charge is 2.08. The monoisotopic (exact) mass is 429 g/mol. The molecule has 0 unspecified atom stereocenters. The Balaban J connectivity index is 2.07. The molecule has 2 heteroatoms. The van der Waals surface area contributed by atoms with Crippen molar-refractivity contribution in [2.24, 2.45) is 0 Å². The number of allylic oxidation sites excluding steroid dienone is 8. The van der Waals surface area contributed by atoms with Crippen molar-refractivity contribution in [2.75, 3.05) is 0 Å². The van der Waals surface area contributed by atoms with Gasteiger partial charge in [0, 0.05) is 11.4 Å². The summed E-state index contributed by atoms with van der Waals surface area (Å²) < 4.78 is 14.7. The van der Waals surface area contributed by atoms with Crippen LogP contribution in [0.15, 0.2) is 84.5 Å². The van der Waals surface area contributed by atoms with Crippen LogP contribution in [0, 0.1) is 19.7 Å². The van der Waals surface area contributed by atoms with E-state index in [1.165, 1.54) is 11.1 Å². The molecule has 0 amide bonds. The second-order valence-electron chi connectivity index (χ2n) is 8.50. The summed E-state index contributed by atoms with van der Waals surface area (Å²) in [6.45, 7) is 18.2. The molecule has 0 radical (unpaired) electrons. The maximum atomic E-state index is 14.7. The summed E-state index contributed by atoms with van der Waals surface area (Å²) in [5, 5.41) is 0. The van der Waals surface area contributed by atoms with Crippen molar-refractivity contribution in [3.8, 4) is 0 Å². The minimum Gasteiger partial charge on any atom is -0.258 e. The summed E-state index contributed by atoms with van der Waals surface area (Å²) in [5.41, 5.74) is 9.42. The molecule has 0 atom stereocenters. The second kappa shape index (κ2) is 12.1. The maximum Gasteiger partial charge on any atom is 0.126 e. The highest BCUT2D eigenvalue weighted by molar-refractivity contribution is 5.69. The Morgan fingerprint density at radius 1 is 1.09 bits per heavy atom. The normalized spacial score (nSPS) is 12.8. The molecule has 168 valence electrons. The lowest BCUT2D eigenvalue weighted by molar-refractivity contribution is 0.606. The first-order valence-electron chi connectivity index (χ1n) is 11.3. The van der Waals surface area contributed by atoms with Crippen LogP contribution in [0.5, 0.6) is 0 Å². The van der Waals surface area contributed by atoms with Crippen molar-refractivity contribution in [2.45, 2.75) is 60.3 Å². The zero-order valence-corrected chi connectivity index (χ0v) is 20.3. The van der Waals surface area contributed by atoms with Crippen LogP contribution in [-0.4, -0.2) is 4.98 Å². The molecule has 1 heterocycles. The summed E-state index contributed by atoms with van der Waals surface area (Å²) >= 11 is 0. The van der Waals surface area contributed by atoms with E-state index < -0.39 is 0 Å². The number of aromatic nitrogens is 1. The molecule has 1 nitrogen and oxygen atoms in total. The average molecular weight is 430 g/mol. The van der Waals surface area contributed by atoms with E-state index in [1.54, 1.807) is 6.07 Å². The van der Waals surface area contributed by atoms with E-state index in [1.807, 2.05) is 51.1 Å². The number of halogens is 1. The van der Waals surface area contributed by atoms with Gasteiger partial charge in [0.2, 0.25) is 0 Å². The number of aryl methyl sites for hydroxylation is 3. The van der Waals surface area contributed by atoms with Crippen LogP contribution < -0.4 is 0 Å². The van der Waals surface area contributed by atoms with Gasteiger partial charge in [0.1, 0.15) is 5.82 Å². The zero-order chi connectivity index (χ0) is 23.7. The number of nitrogens with zero attached hydrogens (tertiary/aromatic N) is 1. The van der Waals surface area contributed by atoms with E-state index in [2.05, 4.69) is 50.2 Å². The smallest absolute Gasteiger partial charge is 0.126 e. The number of hydrogen-bond acceptors (Lipinski definition) is 1. The van der Waals surface area contributed by atoms with Gasteiger partial charge in [-0.3, -0.25) is 4.98 Å². The first-order valence-corrected chi connectivity index (χ1v) is 11.3. The quantitative estimate of drug-likeness (QED) is 0.345. The topological polar surface area (TPSA) is 12.9 Å². The molecule has 0 spiro atoms. The molecule has 32 heavy (non-hydrogen) atoms. The van der Waals surface area contributed by atoms with Crippen LogP contribution in [0.3, 0.4) is 0 Å². The number of hydrogen-bond donors (Lipinski definition) is 0. The molecule has 2 aromatic rings. The fourth-order valence-corrected chi connectivity index (χ4v) is 3.62. The summed E-state index contributed by atoms with van der Waals surface area (Å²) in [5.74, 6) is -0.140. The van der Waals surface area contributed by atoms with Crippen LogP contribution >= 0.6 is 0 Å². The fraction of sp³-hybridized carbons (Fsp3) is 0.300. The number of pyridine rings is 1. The van der Waals surface area contributed by atoms with Crippen LogP contribution in [-0.2, 0) is 12.8 Å².